The molecular formula is C15H26N2O2. The second-order valence-electron chi connectivity index (χ2n) is 6.59. The van der Waals surface area contributed by atoms with Crippen molar-refractivity contribution in [1.82, 2.24) is 10.2 Å². The third-order valence-corrected chi connectivity index (χ3v) is 4.79. The van der Waals surface area contributed by atoms with Gasteiger partial charge in [-0.1, -0.05) is 13.3 Å². The third kappa shape index (κ3) is 2.63. The predicted molar refractivity (Wildman–Crippen MR) is 74.6 cm³/mol. The topological polar surface area (TPSA) is 49.4 Å². The summed E-state index contributed by atoms with van der Waals surface area (Å²) in [6, 6.07) is -0.0840. The zero-order chi connectivity index (χ0) is 14.2. The average molecular weight is 266 g/mol. The van der Waals surface area contributed by atoms with Crippen molar-refractivity contribution in [3.63, 3.8) is 0 Å². The van der Waals surface area contributed by atoms with Crippen LogP contribution in [0.1, 0.15) is 59.8 Å². The van der Waals surface area contributed by atoms with E-state index in [1.807, 2.05) is 11.8 Å². The highest BCUT2D eigenvalue weighted by Crippen LogP contribution is 2.32. The molecule has 1 saturated heterocycles. The molecule has 1 atom stereocenters. The summed E-state index contributed by atoms with van der Waals surface area (Å²) in [7, 11) is 0. The van der Waals surface area contributed by atoms with E-state index in [-0.39, 0.29) is 23.9 Å². The minimum atomic E-state index is -0.759. The van der Waals surface area contributed by atoms with Gasteiger partial charge in [0.1, 0.15) is 11.6 Å². The molecule has 2 amide bonds. The Kier molecular flexibility index (Phi) is 3.88. The number of piperazine rings is 1. The normalized spacial score (nSPS) is 35.2. The number of hydrogen-bond acceptors (Lipinski definition) is 2. The summed E-state index contributed by atoms with van der Waals surface area (Å²) >= 11 is 0. The lowest BCUT2D eigenvalue weighted by Gasteiger charge is -2.47. The number of hydrogen-bond donors (Lipinski definition) is 1. The number of carbonyl (C=O) groups is 2. The Balaban J connectivity index is 2.13. The van der Waals surface area contributed by atoms with E-state index < -0.39 is 5.54 Å². The molecule has 0 aromatic carbocycles. The first-order valence-corrected chi connectivity index (χ1v) is 7.51. The highest BCUT2D eigenvalue weighted by molar-refractivity contribution is 5.99. The molecule has 0 radical (unpaired) electrons. The van der Waals surface area contributed by atoms with E-state index in [0.29, 0.717) is 0 Å². The van der Waals surface area contributed by atoms with E-state index in [2.05, 4.69) is 12.2 Å². The number of nitrogens with one attached hydrogen (secondary N) is 1. The maximum Gasteiger partial charge on any atom is 0.248 e. The zero-order valence-corrected chi connectivity index (χ0v) is 12.5. The Labute approximate surface area is 115 Å². The van der Waals surface area contributed by atoms with Gasteiger partial charge in [-0.2, -0.15) is 0 Å². The van der Waals surface area contributed by atoms with Crippen molar-refractivity contribution in [1.29, 1.82) is 0 Å². The molecule has 1 aliphatic carbocycles. The van der Waals surface area contributed by atoms with Crippen LogP contribution in [-0.2, 0) is 9.59 Å². The fourth-order valence-corrected chi connectivity index (χ4v) is 3.40. The van der Waals surface area contributed by atoms with Crippen molar-refractivity contribution in [3.05, 3.63) is 0 Å². The molecular weight excluding hydrogens is 240 g/mol. The van der Waals surface area contributed by atoms with Crippen molar-refractivity contribution < 1.29 is 9.59 Å². The van der Waals surface area contributed by atoms with Gasteiger partial charge in [0, 0.05) is 6.04 Å². The molecule has 1 unspecified atom stereocenters. The maximum atomic E-state index is 12.6. The Morgan fingerprint density at radius 3 is 2.32 bits per heavy atom. The van der Waals surface area contributed by atoms with Gasteiger partial charge in [-0.25, -0.2) is 0 Å². The highest BCUT2D eigenvalue weighted by atomic mass is 16.2. The molecule has 19 heavy (non-hydrogen) atoms. The van der Waals surface area contributed by atoms with Crippen molar-refractivity contribution in [2.75, 3.05) is 0 Å². The largest absolute Gasteiger partial charge is 0.340 e. The van der Waals surface area contributed by atoms with Gasteiger partial charge in [0.05, 0.1) is 0 Å². The molecule has 1 saturated carbocycles. The molecule has 1 heterocycles. The lowest BCUT2D eigenvalue weighted by atomic mass is 9.82. The van der Waals surface area contributed by atoms with E-state index in [1.165, 1.54) is 19.3 Å². The fourth-order valence-electron chi connectivity index (χ4n) is 3.40. The van der Waals surface area contributed by atoms with Crippen LogP contribution >= 0.6 is 0 Å². The molecule has 0 aromatic rings. The van der Waals surface area contributed by atoms with Crippen molar-refractivity contribution in [2.24, 2.45) is 5.92 Å². The summed E-state index contributed by atoms with van der Waals surface area (Å²) < 4.78 is 0. The molecule has 0 aromatic heterocycles. The maximum absolute atomic E-state index is 12.6. The number of amides is 2. The average Bonchev–Trinajstić information content (AvgIpc) is 2.37. The second-order valence-corrected chi connectivity index (χ2v) is 6.59. The van der Waals surface area contributed by atoms with Gasteiger partial charge in [-0.15, -0.1) is 0 Å². The summed E-state index contributed by atoms with van der Waals surface area (Å²) in [6.45, 7) is 7.66. The SMILES string of the molecule is CCC1CCC(N2C(=O)C(C)(C)NC(=O)C2C)CC1. The standard InChI is InChI=1S/C15H26N2O2/c1-5-11-6-8-12(9-7-11)17-10(2)13(18)16-15(3,4)14(17)19/h10-12H,5-9H2,1-4H3,(H,16,18). The van der Waals surface area contributed by atoms with Crippen molar-refractivity contribution in [2.45, 2.75) is 77.4 Å². The van der Waals surface area contributed by atoms with Gasteiger partial charge in [0.15, 0.2) is 0 Å². The summed E-state index contributed by atoms with van der Waals surface area (Å²) in [4.78, 5) is 26.4. The van der Waals surface area contributed by atoms with Crippen molar-refractivity contribution >= 4 is 11.8 Å². The zero-order valence-electron chi connectivity index (χ0n) is 12.5. The predicted octanol–water partition coefficient (Wildman–Crippen LogP) is 2.08. The van der Waals surface area contributed by atoms with Crippen LogP contribution in [0.4, 0.5) is 0 Å². The van der Waals surface area contributed by atoms with Gasteiger partial charge in [0.2, 0.25) is 11.8 Å². The summed E-state index contributed by atoms with van der Waals surface area (Å²) in [6.07, 6.45) is 5.66. The minimum absolute atomic E-state index is 0.0257. The monoisotopic (exact) mass is 266 g/mol. The first-order valence-electron chi connectivity index (χ1n) is 7.51. The Bertz CT molecular complexity index is 370. The molecule has 4 nitrogen and oxygen atoms in total. The molecule has 1 aliphatic heterocycles. The van der Waals surface area contributed by atoms with Crippen LogP contribution in [0.2, 0.25) is 0 Å². The molecule has 1 N–H and O–H groups in total. The Hall–Kier alpha value is -1.06. The van der Waals surface area contributed by atoms with E-state index in [4.69, 9.17) is 0 Å². The molecule has 4 heteroatoms. The van der Waals surface area contributed by atoms with Crippen LogP contribution in [0.25, 0.3) is 0 Å². The third-order valence-electron chi connectivity index (χ3n) is 4.79. The smallest absolute Gasteiger partial charge is 0.248 e. The summed E-state index contributed by atoms with van der Waals surface area (Å²) in [5.74, 6) is 0.843. The van der Waals surface area contributed by atoms with Gasteiger partial charge in [0.25, 0.3) is 0 Å². The van der Waals surface area contributed by atoms with Gasteiger partial charge in [-0.3, -0.25) is 9.59 Å². The molecule has 0 bridgehead atoms. The quantitative estimate of drug-likeness (QED) is 0.832. The number of rotatable bonds is 2. The first-order chi connectivity index (χ1) is 8.86. The van der Waals surface area contributed by atoms with E-state index in [9.17, 15) is 9.59 Å². The molecule has 0 spiro atoms. The van der Waals surface area contributed by atoms with Gasteiger partial charge >= 0.3 is 0 Å². The van der Waals surface area contributed by atoms with Crippen LogP contribution in [0, 0.1) is 5.92 Å². The second kappa shape index (κ2) is 5.14. The van der Waals surface area contributed by atoms with Crippen molar-refractivity contribution in [3.8, 4) is 0 Å². The highest BCUT2D eigenvalue weighted by Gasteiger charge is 2.46. The fraction of sp³-hybridized carbons (Fsp3) is 0.867. The van der Waals surface area contributed by atoms with E-state index >= 15 is 0 Å². The van der Waals surface area contributed by atoms with Crippen LogP contribution in [0.15, 0.2) is 0 Å². The van der Waals surface area contributed by atoms with E-state index in [0.717, 1.165) is 18.8 Å². The lowest BCUT2D eigenvalue weighted by Crippen LogP contribution is -2.69. The van der Waals surface area contributed by atoms with Gasteiger partial charge in [-0.05, 0) is 52.4 Å². The Morgan fingerprint density at radius 2 is 1.79 bits per heavy atom. The van der Waals surface area contributed by atoms with Crippen LogP contribution in [-0.4, -0.2) is 34.3 Å². The number of carbonyl (C=O) groups excluding carboxylic acids is 2. The Morgan fingerprint density at radius 1 is 1.21 bits per heavy atom. The van der Waals surface area contributed by atoms with Crippen LogP contribution in [0.3, 0.4) is 0 Å². The first kappa shape index (κ1) is 14.4. The molecule has 2 rings (SSSR count). The molecule has 2 fully saturated rings. The lowest BCUT2D eigenvalue weighted by molar-refractivity contribution is -0.156. The van der Waals surface area contributed by atoms with E-state index in [1.54, 1.807) is 13.8 Å². The molecule has 108 valence electrons. The number of nitrogens with zero attached hydrogens (tertiary/aromatic N) is 1. The van der Waals surface area contributed by atoms with Crippen LogP contribution in [0.5, 0.6) is 0 Å². The van der Waals surface area contributed by atoms with Gasteiger partial charge < -0.3 is 10.2 Å². The molecule has 2 aliphatic rings. The minimum Gasteiger partial charge on any atom is -0.340 e. The summed E-state index contributed by atoms with van der Waals surface area (Å²) in [5, 5.41) is 2.81. The van der Waals surface area contributed by atoms with Crippen LogP contribution < -0.4 is 5.32 Å². The summed E-state index contributed by atoms with van der Waals surface area (Å²) in [5.41, 5.74) is -0.759.